The molecule has 3 heterocycles. The Labute approximate surface area is 160 Å². The largest absolute Gasteiger partial charge is 0.375 e. The van der Waals surface area contributed by atoms with E-state index in [2.05, 4.69) is 27.5 Å². The van der Waals surface area contributed by atoms with Gasteiger partial charge < -0.3 is 9.64 Å². The van der Waals surface area contributed by atoms with E-state index in [0.29, 0.717) is 23.2 Å². The van der Waals surface area contributed by atoms with Crippen LogP contribution < -0.4 is 5.32 Å². The van der Waals surface area contributed by atoms with Gasteiger partial charge in [0.1, 0.15) is 5.01 Å². The van der Waals surface area contributed by atoms with Gasteiger partial charge in [-0.2, -0.15) is 0 Å². The quantitative estimate of drug-likeness (QED) is 0.849. The van der Waals surface area contributed by atoms with Crippen molar-refractivity contribution < 1.29 is 9.53 Å². The molecule has 2 fully saturated rings. The van der Waals surface area contributed by atoms with Crippen molar-refractivity contribution in [2.24, 2.45) is 0 Å². The number of nitrogens with zero attached hydrogens (tertiary/aromatic N) is 4. The van der Waals surface area contributed by atoms with Gasteiger partial charge in [-0.25, -0.2) is 4.79 Å². The molecule has 138 valence electrons. The van der Waals surface area contributed by atoms with E-state index in [1.807, 2.05) is 29.2 Å². The molecule has 2 atom stereocenters. The maximum Gasteiger partial charge on any atom is 0.323 e. The number of nitrogens with one attached hydrogen (secondary N) is 1. The van der Waals surface area contributed by atoms with E-state index in [9.17, 15) is 4.79 Å². The Morgan fingerprint density at radius 2 is 2.27 bits per heavy atom. The number of piperidine rings is 1. The number of ether oxygens (including phenoxy) is 1. The number of amides is 2. The van der Waals surface area contributed by atoms with Gasteiger partial charge >= 0.3 is 6.03 Å². The van der Waals surface area contributed by atoms with Crippen LogP contribution in [-0.4, -0.2) is 71.5 Å². The molecule has 2 saturated heterocycles. The Kier molecular flexibility index (Phi) is 5.08. The van der Waals surface area contributed by atoms with Gasteiger partial charge in [0.05, 0.1) is 18.8 Å². The van der Waals surface area contributed by atoms with E-state index in [1.165, 1.54) is 11.3 Å². The molecule has 0 aliphatic carbocycles. The summed E-state index contributed by atoms with van der Waals surface area (Å²) >= 11 is 7.36. The lowest BCUT2D eigenvalue weighted by molar-refractivity contribution is -0.0875. The normalized spacial score (nSPS) is 23.5. The summed E-state index contributed by atoms with van der Waals surface area (Å²) in [5.74, 6) is 0. The van der Waals surface area contributed by atoms with Crippen LogP contribution in [0.25, 0.3) is 10.6 Å². The number of urea groups is 1. The van der Waals surface area contributed by atoms with Crippen LogP contribution in [0.2, 0.25) is 5.02 Å². The summed E-state index contributed by atoms with van der Waals surface area (Å²) < 4.78 is 5.83. The number of hydrogen-bond acceptors (Lipinski definition) is 6. The van der Waals surface area contributed by atoms with Crippen molar-refractivity contribution in [2.75, 3.05) is 38.6 Å². The van der Waals surface area contributed by atoms with Gasteiger partial charge in [-0.05, 0) is 25.6 Å². The molecule has 0 saturated carbocycles. The minimum Gasteiger partial charge on any atom is -0.375 e. The van der Waals surface area contributed by atoms with E-state index < -0.39 is 0 Å². The summed E-state index contributed by atoms with van der Waals surface area (Å²) in [6, 6.07) is 7.53. The Balaban J connectivity index is 1.41. The molecule has 1 aromatic carbocycles. The number of hydrogen-bond donors (Lipinski definition) is 1. The fraction of sp³-hybridized carbons (Fsp3) is 0.471. The van der Waals surface area contributed by atoms with Crippen LogP contribution in [-0.2, 0) is 4.74 Å². The first-order valence-corrected chi connectivity index (χ1v) is 9.77. The van der Waals surface area contributed by atoms with Gasteiger partial charge in [0.15, 0.2) is 0 Å². The Hall–Kier alpha value is -1.74. The van der Waals surface area contributed by atoms with Crippen LogP contribution in [0.5, 0.6) is 0 Å². The van der Waals surface area contributed by atoms with Crippen molar-refractivity contribution in [1.29, 1.82) is 0 Å². The predicted molar refractivity (Wildman–Crippen MR) is 102 cm³/mol. The summed E-state index contributed by atoms with van der Waals surface area (Å²) in [7, 11) is 2.09. The maximum absolute atomic E-state index is 12.6. The third-order valence-electron chi connectivity index (χ3n) is 4.86. The lowest BCUT2D eigenvalue weighted by Crippen LogP contribution is -2.60. The topological polar surface area (TPSA) is 70.6 Å². The molecule has 1 aromatic heterocycles. The molecule has 2 unspecified atom stereocenters. The number of likely N-dealkylation sites (tertiary alicyclic amines) is 1. The van der Waals surface area contributed by atoms with Gasteiger partial charge in [-0.1, -0.05) is 35.1 Å². The molecule has 2 aromatic rings. The van der Waals surface area contributed by atoms with Crippen LogP contribution in [0.4, 0.5) is 9.93 Å². The highest BCUT2D eigenvalue weighted by Crippen LogP contribution is 2.28. The SMILES string of the molecule is CN1CCOC2CCN(C(=O)Nc3nnc(-c4cccc(Cl)c4)s3)CC21. The monoisotopic (exact) mass is 393 g/mol. The molecule has 1 N–H and O–H groups in total. The van der Waals surface area contributed by atoms with Crippen molar-refractivity contribution >= 4 is 34.1 Å². The van der Waals surface area contributed by atoms with Crippen LogP contribution >= 0.6 is 22.9 Å². The number of carbonyl (C=O) groups excluding carboxylic acids is 1. The highest BCUT2D eigenvalue weighted by molar-refractivity contribution is 7.18. The van der Waals surface area contributed by atoms with Gasteiger partial charge in [0, 0.05) is 30.2 Å². The lowest BCUT2D eigenvalue weighted by atomic mass is 9.99. The Morgan fingerprint density at radius 1 is 1.38 bits per heavy atom. The number of anilines is 1. The highest BCUT2D eigenvalue weighted by Gasteiger charge is 2.37. The standard InChI is InChI=1S/C17H20ClN5O2S/c1-22-7-8-25-14-5-6-23(10-13(14)22)17(24)19-16-21-20-15(26-16)11-3-2-4-12(18)9-11/h2-4,9,13-14H,5-8,10H2,1H3,(H,19,21,24). The van der Waals surface area contributed by atoms with Crippen LogP contribution in [0.1, 0.15) is 6.42 Å². The zero-order valence-corrected chi connectivity index (χ0v) is 16.0. The second-order valence-electron chi connectivity index (χ2n) is 6.54. The number of carbonyl (C=O) groups is 1. The average molecular weight is 394 g/mol. The lowest BCUT2D eigenvalue weighted by Gasteiger charge is -2.45. The minimum absolute atomic E-state index is 0.142. The second kappa shape index (κ2) is 7.48. The first-order valence-electron chi connectivity index (χ1n) is 8.57. The number of benzene rings is 1. The molecular formula is C17H20ClN5O2S. The van der Waals surface area contributed by atoms with Crippen molar-refractivity contribution in [3.05, 3.63) is 29.3 Å². The van der Waals surface area contributed by atoms with Crippen molar-refractivity contribution in [1.82, 2.24) is 20.0 Å². The Bertz CT molecular complexity index is 801. The summed E-state index contributed by atoms with van der Waals surface area (Å²) in [5, 5.41) is 13.0. The molecule has 2 aliphatic rings. The van der Waals surface area contributed by atoms with E-state index in [-0.39, 0.29) is 18.2 Å². The Morgan fingerprint density at radius 3 is 3.12 bits per heavy atom. The van der Waals surface area contributed by atoms with E-state index >= 15 is 0 Å². The third-order valence-corrected chi connectivity index (χ3v) is 5.98. The van der Waals surface area contributed by atoms with Gasteiger partial charge in [0.25, 0.3) is 0 Å². The number of morpholine rings is 1. The van der Waals surface area contributed by atoms with E-state index in [0.717, 1.165) is 30.1 Å². The first kappa shape index (κ1) is 17.7. The predicted octanol–water partition coefficient (Wildman–Crippen LogP) is 2.80. The van der Waals surface area contributed by atoms with Gasteiger partial charge in [-0.3, -0.25) is 10.2 Å². The minimum atomic E-state index is -0.142. The highest BCUT2D eigenvalue weighted by atomic mass is 35.5. The summed E-state index contributed by atoms with van der Waals surface area (Å²) in [6.45, 7) is 3.00. The maximum atomic E-state index is 12.6. The fourth-order valence-corrected chi connectivity index (χ4v) is 4.33. The van der Waals surface area contributed by atoms with E-state index in [1.54, 1.807) is 0 Å². The van der Waals surface area contributed by atoms with Gasteiger partial charge in [0.2, 0.25) is 5.13 Å². The smallest absolute Gasteiger partial charge is 0.323 e. The van der Waals surface area contributed by atoms with Gasteiger partial charge in [-0.15, -0.1) is 10.2 Å². The van der Waals surface area contributed by atoms with Crippen molar-refractivity contribution in [2.45, 2.75) is 18.6 Å². The molecule has 0 bridgehead atoms. The molecule has 4 rings (SSSR count). The molecule has 0 radical (unpaired) electrons. The number of rotatable bonds is 2. The first-order chi connectivity index (χ1) is 12.6. The molecule has 7 nitrogen and oxygen atoms in total. The summed E-state index contributed by atoms with van der Waals surface area (Å²) in [6.07, 6.45) is 1.07. The second-order valence-corrected chi connectivity index (χ2v) is 7.96. The molecule has 2 aliphatic heterocycles. The van der Waals surface area contributed by atoms with Crippen LogP contribution in [0.15, 0.2) is 24.3 Å². The number of fused-ring (bicyclic) bond motifs is 1. The molecule has 26 heavy (non-hydrogen) atoms. The molecular weight excluding hydrogens is 374 g/mol. The van der Waals surface area contributed by atoms with Crippen molar-refractivity contribution in [3.8, 4) is 10.6 Å². The van der Waals surface area contributed by atoms with Crippen molar-refractivity contribution in [3.63, 3.8) is 0 Å². The average Bonchev–Trinajstić information content (AvgIpc) is 3.10. The molecule has 0 spiro atoms. The zero-order chi connectivity index (χ0) is 18.1. The number of aromatic nitrogens is 2. The summed E-state index contributed by atoms with van der Waals surface area (Å²) in [5.41, 5.74) is 0.886. The van der Waals surface area contributed by atoms with Crippen LogP contribution in [0.3, 0.4) is 0 Å². The number of halogens is 1. The fourth-order valence-electron chi connectivity index (χ4n) is 3.41. The number of likely N-dealkylation sites (N-methyl/N-ethyl adjacent to an activating group) is 1. The summed E-state index contributed by atoms with van der Waals surface area (Å²) in [4.78, 5) is 16.7. The zero-order valence-electron chi connectivity index (χ0n) is 14.4. The third kappa shape index (κ3) is 3.68. The molecule has 9 heteroatoms. The van der Waals surface area contributed by atoms with Crippen LogP contribution in [0, 0.1) is 0 Å². The molecule has 2 amide bonds. The van der Waals surface area contributed by atoms with E-state index in [4.69, 9.17) is 16.3 Å².